The van der Waals surface area contributed by atoms with Crippen molar-refractivity contribution in [1.82, 2.24) is 19.8 Å². The average molecular weight is 269 g/mol. The van der Waals surface area contributed by atoms with Crippen LogP contribution in [0.5, 0.6) is 0 Å². The smallest absolute Gasteiger partial charge is 0.244 e. The third-order valence-electron chi connectivity index (χ3n) is 2.09. The predicted octanol–water partition coefficient (Wildman–Crippen LogP) is -0.166. The van der Waals surface area contributed by atoms with E-state index in [-0.39, 0.29) is 23.0 Å². The maximum absolute atomic E-state index is 11.9. The fourth-order valence-corrected chi connectivity index (χ4v) is 2.31. The molecule has 0 aliphatic carbocycles. The highest BCUT2D eigenvalue weighted by atomic mass is 32.2. The molecule has 0 saturated carbocycles. The van der Waals surface area contributed by atoms with Crippen molar-refractivity contribution in [3.8, 4) is 0 Å². The van der Waals surface area contributed by atoms with E-state index in [9.17, 15) is 8.42 Å². The van der Waals surface area contributed by atoms with Crippen molar-refractivity contribution in [2.24, 2.45) is 0 Å². The Hall–Kier alpha value is -2.00. The van der Waals surface area contributed by atoms with Crippen LogP contribution < -0.4 is 10.5 Å². The van der Waals surface area contributed by atoms with Crippen LogP contribution in [-0.2, 0) is 16.6 Å². The largest absolute Gasteiger partial charge is 0.398 e. The lowest BCUT2D eigenvalue weighted by atomic mass is 10.4. The molecule has 18 heavy (non-hydrogen) atoms. The van der Waals surface area contributed by atoms with E-state index < -0.39 is 10.0 Å². The van der Waals surface area contributed by atoms with Crippen LogP contribution in [0.15, 0.2) is 27.9 Å². The summed E-state index contributed by atoms with van der Waals surface area (Å²) in [7, 11) is -3.75. The standard InChI is InChI=1S/C9H11N5O3S/c1-6-13-9(17-14-6)5-12-18(15,16)8-4-11-3-2-7(8)10/h2-4,12H,5H2,1H3,(H2,10,11). The van der Waals surface area contributed by atoms with Gasteiger partial charge in [0.25, 0.3) is 0 Å². The molecule has 0 aromatic carbocycles. The first-order chi connectivity index (χ1) is 8.49. The molecule has 0 radical (unpaired) electrons. The number of rotatable bonds is 4. The quantitative estimate of drug-likeness (QED) is 0.789. The number of pyridine rings is 1. The summed E-state index contributed by atoms with van der Waals surface area (Å²) >= 11 is 0. The molecule has 2 aromatic heterocycles. The van der Waals surface area contributed by atoms with Crippen molar-refractivity contribution in [3.05, 3.63) is 30.2 Å². The predicted molar refractivity (Wildman–Crippen MR) is 61.7 cm³/mol. The molecule has 3 N–H and O–H groups in total. The van der Waals surface area contributed by atoms with Gasteiger partial charge in [0.1, 0.15) is 4.90 Å². The number of sulfonamides is 1. The number of nitrogens with two attached hydrogens (primary N) is 1. The van der Waals surface area contributed by atoms with Crippen LogP contribution in [0, 0.1) is 6.92 Å². The Morgan fingerprint density at radius 2 is 2.28 bits per heavy atom. The second-order valence-corrected chi connectivity index (χ2v) is 5.21. The Kier molecular flexibility index (Phi) is 3.26. The first-order valence-electron chi connectivity index (χ1n) is 4.97. The minimum atomic E-state index is -3.75. The van der Waals surface area contributed by atoms with Gasteiger partial charge in [-0.05, 0) is 13.0 Å². The monoisotopic (exact) mass is 269 g/mol. The third-order valence-corrected chi connectivity index (χ3v) is 3.53. The molecule has 0 unspecified atom stereocenters. The highest BCUT2D eigenvalue weighted by Gasteiger charge is 2.18. The lowest BCUT2D eigenvalue weighted by Gasteiger charge is -2.06. The van der Waals surface area contributed by atoms with E-state index >= 15 is 0 Å². The summed E-state index contributed by atoms with van der Waals surface area (Å²) in [5.41, 5.74) is 5.69. The summed E-state index contributed by atoms with van der Waals surface area (Å²) in [6.45, 7) is 1.54. The SMILES string of the molecule is Cc1noc(CNS(=O)(=O)c2cnccc2N)n1. The number of nitrogen functional groups attached to an aromatic ring is 1. The van der Waals surface area contributed by atoms with Gasteiger partial charge in [0, 0.05) is 12.4 Å². The van der Waals surface area contributed by atoms with Gasteiger partial charge in [0.05, 0.1) is 12.2 Å². The van der Waals surface area contributed by atoms with Gasteiger partial charge in [-0.2, -0.15) is 4.98 Å². The van der Waals surface area contributed by atoms with Crippen molar-refractivity contribution < 1.29 is 12.9 Å². The van der Waals surface area contributed by atoms with E-state index in [1.165, 1.54) is 18.5 Å². The highest BCUT2D eigenvalue weighted by molar-refractivity contribution is 7.89. The van der Waals surface area contributed by atoms with Crippen molar-refractivity contribution in [3.63, 3.8) is 0 Å². The summed E-state index contributed by atoms with van der Waals surface area (Å²) in [6.07, 6.45) is 2.59. The molecule has 0 bridgehead atoms. The number of hydrogen-bond donors (Lipinski definition) is 2. The number of nitrogens with zero attached hydrogens (tertiary/aromatic N) is 3. The van der Waals surface area contributed by atoms with E-state index in [1.54, 1.807) is 6.92 Å². The van der Waals surface area contributed by atoms with Gasteiger partial charge in [-0.3, -0.25) is 4.98 Å². The van der Waals surface area contributed by atoms with Gasteiger partial charge < -0.3 is 10.3 Å². The zero-order chi connectivity index (χ0) is 13.2. The molecule has 2 rings (SSSR count). The Balaban J connectivity index is 2.16. The van der Waals surface area contributed by atoms with Crippen LogP contribution in [0.1, 0.15) is 11.7 Å². The summed E-state index contributed by atoms with van der Waals surface area (Å²) in [4.78, 5) is 7.52. The molecule has 0 aliphatic heterocycles. The van der Waals surface area contributed by atoms with E-state index in [4.69, 9.17) is 10.3 Å². The van der Waals surface area contributed by atoms with Crippen LogP contribution in [0.4, 0.5) is 5.69 Å². The van der Waals surface area contributed by atoms with E-state index in [2.05, 4.69) is 19.8 Å². The number of aromatic nitrogens is 3. The van der Waals surface area contributed by atoms with Gasteiger partial charge >= 0.3 is 0 Å². The molecule has 0 atom stereocenters. The first-order valence-corrected chi connectivity index (χ1v) is 6.46. The lowest BCUT2D eigenvalue weighted by Crippen LogP contribution is -2.24. The molecule has 8 nitrogen and oxygen atoms in total. The maximum atomic E-state index is 11.9. The van der Waals surface area contributed by atoms with Crippen molar-refractivity contribution in [2.75, 3.05) is 5.73 Å². The summed E-state index contributed by atoms with van der Waals surface area (Å²) in [5.74, 6) is 0.614. The normalized spacial score (nSPS) is 11.6. The van der Waals surface area contributed by atoms with Gasteiger partial charge in [-0.15, -0.1) is 0 Å². The number of aryl methyl sites for hydroxylation is 1. The fraction of sp³-hybridized carbons (Fsp3) is 0.222. The number of nitrogens with one attached hydrogen (secondary N) is 1. The van der Waals surface area contributed by atoms with Crippen molar-refractivity contribution in [1.29, 1.82) is 0 Å². The molecular formula is C9H11N5O3S. The first kappa shape index (κ1) is 12.5. The Morgan fingerprint density at radius 1 is 1.50 bits per heavy atom. The number of anilines is 1. The Labute approximate surface area is 103 Å². The van der Waals surface area contributed by atoms with Crippen molar-refractivity contribution in [2.45, 2.75) is 18.4 Å². The van der Waals surface area contributed by atoms with E-state index in [1.807, 2.05) is 0 Å². The number of hydrogen-bond acceptors (Lipinski definition) is 7. The average Bonchev–Trinajstić information content (AvgIpc) is 2.73. The maximum Gasteiger partial charge on any atom is 0.244 e. The molecule has 2 heterocycles. The van der Waals surface area contributed by atoms with Crippen LogP contribution in [-0.4, -0.2) is 23.5 Å². The molecule has 0 spiro atoms. The van der Waals surface area contributed by atoms with Crippen LogP contribution >= 0.6 is 0 Å². The molecule has 0 saturated heterocycles. The zero-order valence-corrected chi connectivity index (χ0v) is 10.3. The zero-order valence-electron chi connectivity index (χ0n) is 9.49. The van der Waals surface area contributed by atoms with E-state index in [0.29, 0.717) is 5.82 Å². The third kappa shape index (κ3) is 2.63. The van der Waals surface area contributed by atoms with Gasteiger partial charge in [-0.1, -0.05) is 5.16 Å². The van der Waals surface area contributed by atoms with Gasteiger partial charge in [0.2, 0.25) is 15.9 Å². The van der Waals surface area contributed by atoms with Gasteiger partial charge in [-0.25, -0.2) is 13.1 Å². The van der Waals surface area contributed by atoms with E-state index in [0.717, 1.165) is 0 Å². The Morgan fingerprint density at radius 3 is 2.89 bits per heavy atom. The molecule has 9 heteroatoms. The van der Waals surface area contributed by atoms with Crippen LogP contribution in [0.3, 0.4) is 0 Å². The molecule has 0 fully saturated rings. The minimum Gasteiger partial charge on any atom is -0.398 e. The topological polar surface area (TPSA) is 124 Å². The summed E-state index contributed by atoms with van der Waals surface area (Å²) in [5, 5.41) is 3.55. The highest BCUT2D eigenvalue weighted by Crippen LogP contribution is 2.15. The second kappa shape index (κ2) is 4.70. The summed E-state index contributed by atoms with van der Waals surface area (Å²) in [6, 6.07) is 1.41. The molecule has 2 aromatic rings. The van der Waals surface area contributed by atoms with Crippen molar-refractivity contribution >= 4 is 15.7 Å². The molecule has 0 aliphatic rings. The second-order valence-electron chi connectivity index (χ2n) is 3.47. The fourth-order valence-electron chi connectivity index (χ4n) is 1.26. The molecule has 0 amide bonds. The summed E-state index contributed by atoms with van der Waals surface area (Å²) < 4.78 is 30.9. The minimum absolute atomic E-state index is 0.0822. The van der Waals surface area contributed by atoms with Crippen LogP contribution in [0.2, 0.25) is 0 Å². The lowest BCUT2D eigenvalue weighted by molar-refractivity contribution is 0.372. The molecule has 96 valence electrons. The Bertz CT molecular complexity index is 652. The molecular weight excluding hydrogens is 258 g/mol. The van der Waals surface area contributed by atoms with Gasteiger partial charge in [0.15, 0.2) is 5.82 Å². The van der Waals surface area contributed by atoms with Crippen LogP contribution in [0.25, 0.3) is 0 Å².